The highest BCUT2D eigenvalue weighted by Crippen LogP contribution is 2.26. The number of unbranched alkanes of at least 4 members (excludes halogenated alkanes) is 42. The number of esters is 1. The number of carbonyl (C=O) groups excluding carboxylic acids is 2. The van der Waals surface area contributed by atoms with Crippen LogP contribution >= 0.6 is 0 Å². The second kappa shape index (κ2) is 59.0. The minimum atomic E-state index is -1.62. The Labute approximate surface area is 504 Å². The maximum absolute atomic E-state index is 13.5. The lowest BCUT2D eigenvalue weighted by Gasteiger charge is -2.41. The number of rotatable bonds is 60. The first-order chi connectivity index (χ1) is 40.2. The number of carbonyl (C=O) groups is 2. The smallest absolute Gasteiger partial charge is 0.306 e. The summed E-state index contributed by atoms with van der Waals surface area (Å²) in [7, 11) is 0. The Morgan fingerprint density at radius 3 is 1.30 bits per heavy atom. The molecule has 1 heterocycles. The normalized spacial score (nSPS) is 18.9. The fourth-order valence-corrected chi connectivity index (χ4v) is 11.1. The largest absolute Gasteiger partial charge is 0.454 e. The van der Waals surface area contributed by atoms with Crippen LogP contribution in [0.2, 0.25) is 0 Å². The fraction of sp³-hybridized carbons (Fsp3) is 0.859. The van der Waals surface area contributed by atoms with Gasteiger partial charge in [0.05, 0.1) is 25.4 Å². The molecule has 0 aromatic heterocycles. The summed E-state index contributed by atoms with van der Waals surface area (Å²) in [6.07, 6.45) is 63.1. The summed E-state index contributed by atoms with van der Waals surface area (Å²) in [6, 6.07) is -1.02. The van der Waals surface area contributed by atoms with Gasteiger partial charge in [-0.15, -0.1) is 0 Å². The number of amides is 1. The second-order valence-corrected chi connectivity index (χ2v) is 24.3. The van der Waals surface area contributed by atoms with E-state index in [2.05, 4.69) is 56.5 Å². The lowest BCUT2D eigenvalue weighted by atomic mass is 9.99. The van der Waals surface area contributed by atoms with E-state index in [1.165, 1.54) is 193 Å². The van der Waals surface area contributed by atoms with E-state index in [0.717, 1.165) is 89.9 Å². The predicted molar refractivity (Wildman–Crippen MR) is 343 cm³/mol. The average molecular weight is 1160 g/mol. The van der Waals surface area contributed by atoms with Crippen LogP contribution in [-0.4, -0.2) is 99.6 Å². The van der Waals surface area contributed by atoms with E-state index >= 15 is 0 Å². The summed E-state index contributed by atoms with van der Waals surface area (Å²) in [6.45, 7) is 5.69. The standard InChI is InChI=1S/C71H131NO10/c1-4-7-10-13-16-19-22-25-27-28-29-30-31-32-33-34-35-36-37-39-40-43-46-49-52-55-58-64(75)70(79)72-62(63(74)57-54-51-48-45-42-24-21-18-15-12-9-6-3)61-80-71-69(68(78)67(77)65(60-73)81-71)82-66(76)59-56-53-50-47-44-41-38-26-23-20-17-14-11-8-5-2/h8,11,14,17,20,23,54,57,62-65,67-69,71,73-75,77-78H,4-7,9-10,12-13,15-16,18-19,21-22,24-53,55-56,58-61H2,1-3H3,(H,72,79)/b11-8+,17-14+,23-20+,57-54+. The molecule has 0 saturated carbocycles. The lowest BCUT2D eigenvalue weighted by Crippen LogP contribution is -2.61. The number of nitrogens with one attached hydrogen (secondary N) is 1. The van der Waals surface area contributed by atoms with Crippen LogP contribution in [0.25, 0.3) is 0 Å². The van der Waals surface area contributed by atoms with Gasteiger partial charge in [-0.1, -0.05) is 326 Å². The van der Waals surface area contributed by atoms with Gasteiger partial charge in [0.1, 0.15) is 24.4 Å². The molecular formula is C71H131NO10. The van der Waals surface area contributed by atoms with Crippen LogP contribution in [0.3, 0.4) is 0 Å². The first-order valence-electron chi connectivity index (χ1n) is 34.9. The second-order valence-electron chi connectivity index (χ2n) is 24.3. The van der Waals surface area contributed by atoms with E-state index in [-0.39, 0.29) is 13.0 Å². The van der Waals surface area contributed by atoms with Crippen molar-refractivity contribution in [1.82, 2.24) is 5.32 Å². The number of allylic oxidation sites excluding steroid dienone is 7. The minimum Gasteiger partial charge on any atom is -0.454 e. The first-order valence-corrected chi connectivity index (χ1v) is 34.9. The predicted octanol–water partition coefficient (Wildman–Crippen LogP) is 17.6. The van der Waals surface area contributed by atoms with E-state index in [0.29, 0.717) is 19.3 Å². The number of hydrogen-bond acceptors (Lipinski definition) is 10. The van der Waals surface area contributed by atoms with Crippen LogP contribution in [0.15, 0.2) is 48.6 Å². The molecule has 0 bridgehead atoms. The van der Waals surface area contributed by atoms with Crippen molar-refractivity contribution < 1.29 is 49.3 Å². The highest BCUT2D eigenvalue weighted by atomic mass is 16.7. The molecule has 8 unspecified atom stereocenters. The molecule has 1 amide bonds. The van der Waals surface area contributed by atoms with Crippen molar-refractivity contribution in [2.75, 3.05) is 13.2 Å². The maximum atomic E-state index is 13.5. The van der Waals surface area contributed by atoms with Crippen LogP contribution in [0, 0.1) is 0 Å². The molecule has 82 heavy (non-hydrogen) atoms. The molecule has 6 N–H and O–H groups in total. The average Bonchev–Trinajstić information content (AvgIpc) is 3.44. The first kappa shape index (κ1) is 77.6. The molecule has 1 aliphatic rings. The SMILES string of the molecule is CC/C=C/C=C/C=C/CCCCCCCCCC(=O)OC1C(OCC(NC(=O)C(O)CCCCCCCCCCCCCCCCCCCCCCCCCCCC)C(O)/C=C/CCCCCCCCCCCC)OC(CO)C(O)C1O. The third-order valence-electron chi connectivity index (χ3n) is 16.6. The van der Waals surface area contributed by atoms with Gasteiger partial charge < -0.3 is 45.1 Å². The minimum absolute atomic E-state index is 0.111. The van der Waals surface area contributed by atoms with E-state index in [9.17, 15) is 35.1 Å². The van der Waals surface area contributed by atoms with Gasteiger partial charge in [0, 0.05) is 6.42 Å². The van der Waals surface area contributed by atoms with Crippen molar-refractivity contribution in [3.05, 3.63) is 48.6 Å². The van der Waals surface area contributed by atoms with Crippen molar-refractivity contribution in [3.8, 4) is 0 Å². The van der Waals surface area contributed by atoms with Gasteiger partial charge in [0.2, 0.25) is 5.91 Å². The van der Waals surface area contributed by atoms with E-state index < -0.39 is 67.4 Å². The van der Waals surface area contributed by atoms with Crippen molar-refractivity contribution in [2.45, 2.75) is 378 Å². The molecule has 1 rings (SSSR count). The maximum Gasteiger partial charge on any atom is 0.306 e. The number of ether oxygens (including phenoxy) is 3. The molecule has 1 saturated heterocycles. The topological polar surface area (TPSA) is 175 Å². The Kier molecular flexibility index (Phi) is 55.8. The van der Waals surface area contributed by atoms with Crippen molar-refractivity contribution in [3.63, 3.8) is 0 Å². The molecule has 1 fully saturated rings. The van der Waals surface area contributed by atoms with Gasteiger partial charge in [-0.05, 0) is 44.9 Å². The molecule has 0 aliphatic carbocycles. The molecule has 1 aliphatic heterocycles. The number of aliphatic hydroxyl groups excluding tert-OH is 5. The molecule has 0 radical (unpaired) electrons. The summed E-state index contributed by atoms with van der Waals surface area (Å²) >= 11 is 0. The van der Waals surface area contributed by atoms with Crippen LogP contribution in [0.4, 0.5) is 0 Å². The van der Waals surface area contributed by atoms with Crippen molar-refractivity contribution in [2.24, 2.45) is 0 Å². The summed E-state index contributed by atoms with van der Waals surface area (Å²) in [5.41, 5.74) is 0. The van der Waals surface area contributed by atoms with Crippen LogP contribution in [0.5, 0.6) is 0 Å². The molecule has 480 valence electrons. The number of aliphatic hydroxyl groups is 5. The zero-order valence-electron chi connectivity index (χ0n) is 53.4. The van der Waals surface area contributed by atoms with E-state index in [1.54, 1.807) is 6.08 Å². The van der Waals surface area contributed by atoms with Crippen molar-refractivity contribution in [1.29, 1.82) is 0 Å². The summed E-state index contributed by atoms with van der Waals surface area (Å²) in [5, 5.41) is 57.1. The molecular weight excluding hydrogens is 1030 g/mol. The fourth-order valence-electron chi connectivity index (χ4n) is 11.1. The molecule has 0 aromatic carbocycles. The quantitative estimate of drug-likeness (QED) is 0.0149. The van der Waals surface area contributed by atoms with Gasteiger partial charge in [-0.25, -0.2) is 0 Å². The highest BCUT2D eigenvalue weighted by molar-refractivity contribution is 5.80. The Balaban J connectivity index is 2.54. The van der Waals surface area contributed by atoms with Gasteiger partial charge >= 0.3 is 5.97 Å². The Bertz CT molecular complexity index is 1520. The van der Waals surface area contributed by atoms with Gasteiger partial charge in [0.15, 0.2) is 12.4 Å². The Hall–Kier alpha value is -2.38. The van der Waals surface area contributed by atoms with Crippen LogP contribution in [0.1, 0.15) is 329 Å². The van der Waals surface area contributed by atoms with Gasteiger partial charge in [-0.3, -0.25) is 9.59 Å². The summed E-state index contributed by atoms with van der Waals surface area (Å²) in [4.78, 5) is 26.6. The summed E-state index contributed by atoms with van der Waals surface area (Å²) < 4.78 is 17.6. The third kappa shape index (κ3) is 45.9. The third-order valence-corrected chi connectivity index (χ3v) is 16.6. The Morgan fingerprint density at radius 2 is 0.878 bits per heavy atom. The van der Waals surface area contributed by atoms with Crippen molar-refractivity contribution >= 4 is 11.9 Å². The number of hydrogen-bond donors (Lipinski definition) is 6. The molecule has 0 aromatic rings. The molecule has 8 atom stereocenters. The van der Waals surface area contributed by atoms with E-state index in [4.69, 9.17) is 14.2 Å². The zero-order chi connectivity index (χ0) is 59.6. The Morgan fingerprint density at radius 1 is 0.488 bits per heavy atom. The van der Waals surface area contributed by atoms with Crippen LogP contribution in [-0.2, 0) is 23.8 Å². The summed E-state index contributed by atoms with van der Waals surface area (Å²) in [5.74, 6) is -1.20. The lowest BCUT2D eigenvalue weighted by molar-refractivity contribution is -0.305. The molecule has 0 spiro atoms. The monoisotopic (exact) mass is 1160 g/mol. The highest BCUT2D eigenvalue weighted by Gasteiger charge is 2.47. The van der Waals surface area contributed by atoms with Gasteiger partial charge in [0.25, 0.3) is 0 Å². The molecule has 11 nitrogen and oxygen atoms in total. The van der Waals surface area contributed by atoms with Gasteiger partial charge in [-0.2, -0.15) is 0 Å². The van der Waals surface area contributed by atoms with Crippen LogP contribution < -0.4 is 5.32 Å². The van der Waals surface area contributed by atoms with E-state index in [1.807, 2.05) is 12.2 Å². The molecule has 11 heteroatoms. The zero-order valence-corrected chi connectivity index (χ0v) is 53.4.